The Morgan fingerprint density at radius 3 is 3.00 bits per heavy atom. The minimum absolute atomic E-state index is 0.282. The standard InChI is InChI=1S/C4H5NO/c1-4-2-5-6-3-4/h2,4H,1H3. The van der Waals surface area contributed by atoms with Gasteiger partial charge in [0, 0.05) is 5.92 Å². The monoisotopic (exact) mass is 83.0 g/mol. The molecule has 0 aromatic heterocycles. The molecule has 2 radical (unpaired) electrons. The molecule has 1 rings (SSSR count). The molecule has 1 atom stereocenters. The van der Waals surface area contributed by atoms with Gasteiger partial charge in [0.05, 0.1) is 6.21 Å². The topological polar surface area (TPSA) is 21.6 Å². The van der Waals surface area contributed by atoms with Gasteiger partial charge in [-0.2, -0.15) is 0 Å². The fraction of sp³-hybridized carbons (Fsp3) is 0.500. The maximum absolute atomic E-state index is 4.38. The van der Waals surface area contributed by atoms with Crippen molar-refractivity contribution in [3.8, 4) is 0 Å². The summed E-state index contributed by atoms with van der Waals surface area (Å²) in [6.45, 7) is 4.55. The van der Waals surface area contributed by atoms with Crippen LogP contribution in [-0.4, -0.2) is 6.21 Å². The van der Waals surface area contributed by atoms with Crippen LogP contribution in [0.25, 0.3) is 0 Å². The summed E-state index contributed by atoms with van der Waals surface area (Å²) in [6, 6.07) is 0. The molecule has 0 spiro atoms. The molecule has 2 heteroatoms. The number of hydrogen-bond acceptors (Lipinski definition) is 2. The third kappa shape index (κ3) is 0.506. The van der Waals surface area contributed by atoms with Crippen LogP contribution in [0.2, 0.25) is 0 Å². The molecule has 0 bridgehead atoms. The molecule has 1 aliphatic rings. The maximum Gasteiger partial charge on any atom is 0.238 e. The zero-order valence-electron chi connectivity index (χ0n) is 3.51. The van der Waals surface area contributed by atoms with Gasteiger partial charge in [-0.3, -0.25) is 0 Å². The van der Waals surface area contributed by atoms with E-state index in [1.165, 1.54) is 0 Å². The summed E-state index contributed by atoms with van der Waals surface area (Å²) in [5.41, 5.74) is 0. The Balaban J connectivity index is 2.38. The fourth-order valence-electron chi connectivity index (χ4n) is 0.266. The molecule has 0 aromatic carbocycles. The highest BCUT2D eigenvalue weighted by Gasteiger charge is 2.05. The number of oxime groups is 1. The summed E-state index contributed by atoms with van der Waals surface area (Å²) in [6.07, 6.45) is 1.69. The van der Waals surface area contributed by atoms with Gasteiger partial charge in [0.15, 0.2) is 0 Å². The number of rotatable bonds is 0. The first-order chi connectivity index (χ1) is 2.89. The summed E-state index contributed by atoms with van der Waals surface area (Å²) < 4.78 is 0. The van der Waals surface area contributed by atoms with Crippen molar-refractivity contribution < 1.29 is 4.84 Å². The molecule has 32 valence electrons. The second-order valence-electron chi connectivity index (χ2n) is 1.25. The van der Waals surface area contributed by atoms with E-state index in [4.69, 9.17) is 0 Å². The lowest BCUT2D eigenvalue weighted by Gasteiger charge is -1.82. The van der Waals surface area contributed by atoms with Crippen molar-refractivity contribution in [1.29, 1.82) is 0 Å². The molecule has 0 aromatic rings. The molecule has 0 saturated carbocycles. The Morgan fingerprint density at radius 1 is 2.00 bits per heavy atom. The largest absolute Gasteiger partial charge is 0.380 e. The molecule has 1 unspecified atom stereocenters. The van der Waals surface area contributed by atoms with E-state index in [9.17, 15) is 0 Å². The van der Waals surface area contributed by atoms with E-state index < -0.39 is 0 Å². The average Bonchev–Trinajstić information content (AvgIpc) is 1.86. The average molecular weight is 83.1 g/mol. The Morgan fingerprint density at radius 2 is 2.83 bits per heavy atom. The fourth-order valence-corrected chi connectivity index (χ4v) is 0.266. The third-order valence-electron chi connectivity index (χ3n) is 0.576. The highest BCUT2D eigenvalue weighted by atomic mass is 16.6. The Bertz CT molecular complexity index is 69.9. The Kier molecular flexibility index (Phi) is 0.783. The predicted octanol–water partition coefficient (Wildman–Crippen LogP) is 0.677. The van der Waals surface area contributed by atoms with Gasteiger partial charge in [-0.1, -0.05) is 12.1 Å². The van der Waals surface area contributed by atoms with Gasteiger partial charge in [0.1, 0.15) is 0 Å². The highest BCUT2D eigenvalue weighted by molar-refractivity contribution is 5.62. The molecule has 1 aliphatic heterocycles. The maximum atomic E-state index is 4.38. The molecular formula is C4H5NO. The van der Waals surface area contributed by atoms with Crippen LogP contribution >= 0.6 is 0 Å². The van der Waals surface area contributed by atoms with Gasteiger partial charge in [-0.25, -0.2) is 0 Å². The van der Waals surface area contributed by atoms with E-state index in [0.717, 1.165) is 0 Å². The van der Waals surface area contributed by atoms with E-state index in [-0.39, 0.29) is 5.92 Å². The van der Waals surface area contributed by atoms with Gasteiger partial charge in [0.25, 0.3) is 0 Å². The van der Waals surface area contributed by atoms with E-state index in [2.05, 4.69) is 16.6 Å². The Labute approximate surface area is 36.8 Å². The van der Waals surface area contributed by atoms with Crippen LogP contribution in [0, 0.1) is 12.5 Å². The zero-order chi connectivity index (χ0) is 4.41. The summed E-state index contributed by atoms with van der Waals surface area (Å²) in [4.78, 5) is 4.38. The van der Waals surface area contributed by atoms with Crippen molar-refractivity contribution in [3.05, 3.63) is 6.61 Å². The number of hydrogen-bond donors (Lipinski definition) is 0. The second-order valence-corrected chi connectivity index (χ2v) is 1.25. The molecule has 0 amide bonds. The van der Waals surface area contributed by atoms with Crippen molar-refractivity contribution in [2.45, 2.75) is 6.92 Å². The van der Waals surface area contributed by atoms with Gasteiger partial charge in [0.2, 0.25) is 6.61 Å². The van der Waals surface area contributed by atoms with Gasteiger partial charge in [-0.15, -0.1) is 0 Å². The van der Waals surface area contributed by atoms with Crippen LogP contribution in [0.5, 0.6) is 0 Å². The van der Waals surface area contributed by atoms with E-state index in [1.807, 2.05) is 6.92 Å². The van der Waals surface area contributed by atoms with E-state index in [0.29, 0.717) is 0 Å². The molecule has 1 heterocycles. The van der Waals surface area contributed by atoms with Gasteiger partial charge < -0.3 is 4.84 Å². The highest BCUT2D eigenvalue weighted by Crippen LogP contribution is 2.04. The van der Waals surface area contributed by atoms with Gasteiger partial charge in [-0.05, 0) is 0 Å². The quantitative estimate of drug-likeness (QED) is 0.422. The lowest BCUT2D eigenvalue weighted by Crippen LogP contribution is -1.86. The second kappa shape index (κ2) is 1.29. The van der Waals surface area contributed by atoms with Crippen molar-refractivity contribution in [3.63, 3.8) is 0 Å². The normalized spacial score (nSPS) is 30.5. The molecule has 0 fully saturated rings. The summed E-state index contributed by atoms with van der Waals surface area (Å²) in [5, 5.41) is 3.43. The lowest BCUT2D eigenvalue weighted by molar-refractivity contribution is 0.223. The summed E-state index contributed by atoms with van der Waals surface area (Å²) in [7, 11) is 0. The molecule has 0 saturated heterocycles. The van der Waals surface area contributed by atoms with Crippen LogP contribution in [0.3, 0.4) is 0 Å². The molecule has 0 aliphatic carbocycles. The lowest BCUT2D eigenvalue weighted by atomic mass is 10.2. The van der Waals surface area contributed by atoms with E-state index in [1.54, 1.807) is 6.21 Å². The predicted molar refractivity (Wildman–Crippen MR) is 22.0 cm³/mol. The smallest absolute Gasteiger partial charge is 0.238 e. The number of nitrogens with zero attached hydrogens (tertiary/aromatic N) is 1. The van der Waals surface area contributed by atoms with Gasteiger partial charge >= 0.3 is 0 Å². The zero-order valence-corrected chi connectivity index (χ0v) is 3.51. The molecular weight excluding hydrogens is 78.0 g/mol. The first-order valence-electron chi connectivity index (χ1n) is 1.84. The minimum Gasteiger partial charge on any atom is -0.380 e. The first kappa shape index (κ1) is 3.65. The summed E-state index contributed by atoms with van der Waals surface area (Å²) >= 11 is 0. The van der Waals surface area contributed by atoms with Crippen molar-refractivity contribution in [2.24, 2.45) is 11.1 Å². The van der Waals surface area contributed by atoms with Crippen molar-refractivity contribution in [2.75, 3.05) is 0 Å². The van der Waals surface area contributed by atoms with Crippen LogP contribution in [0.15, 0.2) is 5.16 Å². The Hall–Kier alpha value is -0.530. The van der Waals surface area contributed by atoms with Crippen molar-refractivity contribution >= 4 is 6.21 Å². The first-order valence-corrected chi connectivity index (χ1v) is 1.84. The van der Waals surface area contributed by atoms with Crippen LogP contribution in [0.1, 0.15) is 6.92 Å². The summed E-state index contributed by atoms with van der Waals surface area (Å²) in [5.74, 6) is 0.282. The molecule has 0 N–H and O–H groups in total. The third-order valence-corrected chi connectivity index (χ3v) is 0.576. The van der Waals surface area contributed by atoms with Crippen LogP contribution in [-0.2, 0) is 4.84 Å². The van der Waals surface area contributed by atoms with E-state index >= 15 is 0 Å². The minimum atomic E-state index is 0.282. The SMILES string of the molecule is CC1[C]ON=C1. The molecule has 6 heavy (non-hydrogen) atoms. The van der Waals surface area contributed by atoms with Crippen LogP contribution < -0.4 is 0 Å². The molecule has 2 nitrogen and oxygen atoms in total. The van der Waals surface area contributed by atoms with Crippen LogP contribution in [0.4, 0.5) is 0 Å². The van der Waals surface area contributed by atoms with Crippen molar-refractivity contribution in [1.82, 2.24) is 0 Å².